The highest BCUT2D eigenvalue weighted by Crippen LogP contribution is 2.09. The Kier molecular flexibility index (Phi) is 5.27. The number of carbonyl (C=O) groups is 1. The Morgan fingerprint density at radius 3 is 2.86 bits per heavy atom. The van der Waals surface area contributed by atoms with Crippen molar-refractivity contribution in [1.82, 2.24) is 20.3 Å². The fraction of sp³-hybridized carbons (Fsp3) is 0.438. The van der Waals surface area contributed by atoms with Crippen LogP contribution in [-0.2, 0) is 0 Å². The van der Waals surface area contributed by atoms with Crippen LogP contribution < -0.4 is 5.32 Å². The van der Waals surface area contributed by atoms with Crippen molar-refractivity contribution in [2.45, 2.75) is 33.3 Å². The lowest BCUT2D eigenvalue weighted by Crippen LogP contribution is -2.29. The molecule has 0 aliphatic heterocycles. The van der Waals surface area contributed by atoms with Crippen molar-refractivity contribution < 1.29 is 9.90 Å². The average Bonchev–Trinajstić information content (AvgIpc) is 2.94. The molecular weight excluding hydrogens is 280 g/mol. The largest absolute Gasteiger partial charge is 0.393 e. The molecule has 0 spiro atoms. The van der Waals surface area contributed by atoms with Crippen LogP contribution in [0.4, 0.5) is 0 Å². The number of benzene rings is 1. The van der Waals surface area contributed by atoms with Gasteiger partial charge in [0, 0.05) is 6.54 Å². The van der Waals surface area contributed by atoms with E-state index < -0.39 is 0 Å². The van der Waals surface area contributed by atoms with Gasteiger partial charge in [-0.1, -0.05) is 24.3 Å². The van der Waals surface area contributed by atoms with E-state index in [4.69, 9.17) is 0 Å². The van der Waals surface area contributed by atoms with Gasteiger partial charge in [0.2, 0.25) is 0 Å². The van der Waals surface area contributed by atoms with E-state index in [9.17, 15) is 9.90 Å². The number of hydrogen-bond acceptors (Lipinski definition) is 4. The van der Waals surface area contributed by atoms with Crippen LogP contribution >= 0.6 is 0 Å². The van der Waals surface area contributed by atoms with E-state index in [-0.39, 0.29) is 23.6 Å². The maximum absolute atomic E-state index is 12.1. The third-order valence-corrected chi connectivity index (χ3v) is 3.35. The first-order valence-electron chi connectivity index (χ1n) is 7.41. The van der Waals surface area contributed by atoms with Crippen molar-refractivity contribution in [3.8, 4) is 5.69 Å². The number of aryl methyl sites for hydroxylation is 1. The molecule has 2 unspecified atom stereocenters. The molecule has 0 aliphatic carbocycles. The van der Waals surface area contributed by atoms with Gasteiger partial charge in [-0.3, -0.25) is 4.79 Å². The quantitative estimate of drug-likeness (QED) is 0.851. The number of nitrogens with one attached hydrogen (secondary N) is 1. The Morgan fingerprint density at radius 1 is 1.41 bits per heavy atom. The second-order valence-corrected chi connectivity index (χ2v) is 5.79. The molecule has 1 aromatic carbocycles. The molecule has 1 heterocycles. The van der Waals surface area contributed by atoms with Crippen molar-refractivity contribution in [3.05, 3.63) is 41.7 Å². The highest BCUT2D eigenvalue weighted by atomic mass is 16.3. The fourth-order valence-electron chi connectivity index (χ4n) is 2.29. The van der Waals surface area contributed by atoms with Gasteiger partial charge in [-0.05, 0) is 43.9 Å². The minimum Gasteiger partial charge on any atom is -0.393 e. The molecule has 6 heteroatoms. The van der Waals surface area contributed by atoms with Gasteiger partial charge in [-0.15, -0.1) is 5.10 Å². The topological polar surface area (TPSA) is 80.0 Å². The first-order valence-corrected chi connectivity index (χ1v) is 7.41. The highest BCUT2D eigenvalue weighted by Gasteiger charge is 2.13. The summed E-state index contributed by atoms with van der Waals surface area (Å²) in [6.45, 7) is 6.22. The molecule has 2 atom stereocenters. The van der Waals surface area contributed by atoms with Gasteiger partial charge in [-0.25, -0.2) is 4.68 Å². The Morgan fingerprint density at radius 2 is 2.18 bits per heavy atom. The Bertz CT molecular complexity index is 637. The monoisotopic (exact) mass is 302 g/mol. The Labute approximate surface area is 130 Å². The van der Waals surface area contributed by atoms with Gasteiger partial charge < -0.3 is 10.4 Å². The molecule has 0 aliphatic rings. The van der Waals surface area contributed by atoms with Crippen LogP contribution in [0, 0.1) is 12.8 Å². The van der Waals surface area contributed by atoms with Crippen molar-refractivity contribution >= 4 is 5.91 Å². The van der Waals surface area contributed by atoms with E-state index in [1.54, 1.807) is 17.8 Å². The third kappa shape index (κ3) is 4.39. The van der Waals surface area contributed by atoms with E-state index in [0.717, 1.165) is 11.3 Å². The minimum atomic E-state index is -0.367. The normalized spacial score (nSPS) is 13.6. The van der Waals surface area contributed by atoms with Crippen LogP contribution in [0.1, 0.15) is 36.3 Å². The summed E-state index contributed by atoms with van der Waals surface area (Å²) in [5.41, 5.74) is 2.27. The molecule has 1 aromatic heterocycles. The first-order chi connectivity index (χ1) is 10.5. The second-order valence-electron chi connectivity index (χ2n) is 5.79. The standard InChI is InChI=1S/C16H22N4O2/c1-11-5-4-6-14(8-11)20-10-15(18-19-20)16(22)17-9-12(2)7-13(3)21/h4-6,8,10,12-13,21H,7,9H2,1-3H3,(H,17,22). The number of aliphatic hydroxyl groups is 1. The van der Waals surface area contributed by atoms with Crippen LogP contribution in [0.3, 0.4) is 0 Å². The Balaban J connectivity index is 1.97. The predicted octanol–water partition coefficient (Wildman–Crippen LogP) is 1.71. The molecule has 2 N–H and O–H groups in total. The number of amides is 1. The molecule has 0 fully saturated rings. The van der Waals surface area contributed by atoms with E-state index in [1.807, 2.05) is 38.1 Å². The lowest BCUT2D eigenvalue weighted by Gasteiger charge is -2.13. The van der Waals surface area contributed by atoms with Crippen molar-refractivity contribution in [2.75, 3.05) is 6.54 Å². The third-order valence-electron chi connectivity index (χ3n) is 3.35. The molecular formula is C16H22N4O2. The highest BCUT2D eigenvalue weighted by molar-refractivity contribution is 5.91. The first kappa shape index (κ1) is 16.2. The van der Waals surface area contributed by atoms with Gasteiger partial charge in [0.05, 0.1) is 18.0 Å². The summed E-state index contributed by atoms with van der Waals surface area (Å²) >= 11 is 0. The van der Waals surface area contributed by atoms with Crippen molar-refractivity contribution in [2.24, 2.45) is 5.92 Å². The molecule has 2 aromatic rings. The lowest BCUT2D eigenvalue weighted by atomic mass is 10.0. The van der Waals surface area contributed by atoms with Gasteiger partial charge in [-0.2, -0.15) is 0 Å². The number of aromatic nitrogens is 3. The van der Waals surface area contributed by atoms with E-state index >= 15 is 0 Å². The SMILES string of the molecule is Cc1cccc(-n2cc(C(=O)NCC(C)CC(C)O)nn2)c1. The molecule has 0 radical (unpaired) electrons. The predicted molar refractivity (Wildman–Crippen MR) is 83.9 cm³/mol. The van der Waals surface area contributed by atoms with E-state index in [1.165, 1.54) is 0 Å². The number of carbonyl (C=O) groups excluding carboxylic acids is 1. The molecule has 0 saturated carbocycles. The van der Waals surface area contributed by atoms with Gasteiger partial charge >= 0.3 is 0 Å². The summed E-state index contributed by atoms with van der Waals surface area (Å²) in [4.78, 5) is 12.1. The number of hydrogen-bond donors (Lipinski definition) is 2. The minimum absolute atomic E-state index is 0.204. The van der Waals surface area contributed by atoms with Crippen LogP contribution in [0.2, 0.25) is 0 Å². The van der Waals surface area contributed by atoms with Crippen molar-refractivity contribution in [3.63, 3.8) is 0 Å². The lowest BCUT2D eigenvalue weighted by molar-refractivity contribution is 0.0934. The molecule has 22 heavy (non-hydrogen) atoms. The van der Waals surface area contributed by atoms with Gasteiger partial charge in [0.25, 0.3) is 5.91 Å². The molecule has 0 saturated heterocycles. The molecule has 0 bridgehead atoms. The van der Waals surface area contributed by atoms with Crippen LogP contribution in [0.15, 0.2) is 30.5 Å². The van der Waals surface area contributed by atoms with Gasteiger partial charge in [0.1, 0.15) is 0 Å². The summed E-state index contributed by atoms with van der Waals surface area (Å²) in [7, 11) is 0. The van der Waals surface area contributed by atoms with E-state index in [2.05, 4.69) is 15.6 Å². The summed E-state index contributed by atoms with van der Waals surface area (Å²) in [6, 6.07) is 7.82. The summed E-state index contributed by atoms with van der Waals surface area (Å²) in [6.07, 6.45) is 1.90. The zero-order valence-corrected chi connectivity index (χ0v) is 13.2. The maximum Gasteiger partial charge on any atom is 0.273 e. The number of nitrogens with zero attached hydrogens (tertiary/aromatic N) is 3. The summed E-state index contributed by atoms with van der Waals surface area (Å²) in [5.74, 6) is -0.0490. The zero-order chi connectivity index (χ0) is 16.1. The number of rotatable bonds is 6. The van der Waals surface area contributed by atoms with E-state index in [0.29, 0.717) is 13.0 Å². The number of aliphatic hydroxyl groups excluding tert-OH is 1. The second kappa shape index (κ2) is 7.17. The molecule has 1 amide bonds. The molecule has 2 rings (SSSR count). The summed E-state index contributed by atoms with van der Waals surface area (Å²) in [5, 5.41) is 20.0. The van der Waals surface area contributed by atoms with Crippen molar-refractivity contribution in [1.29, 1.82) is 0 Å². The summed E-state index contributed by atoms with van der Waals surface area (Å²) < 4.78 is 1.58. The maximum atomic E-state index is 12.1. The molecule has 6 nitrogen and oxygen atoms in total. The van der Waals surface area contributed by atoms with Crippen LogP contribution in [-0.4, -0.2) is 38.7 Å². The fourth-order valence-corrected chi connectivity index (χ4v) is 2.29. The van der Waals surface area contributed by atoms with Crippen LogP contribution in [0.5, 0.6) is 0 Å². The average molecular weight is 302 g/mol. The Hall–Kier alpha value is -2.21. The van der Waals surface area contributed by atoms with Gasteiger partial charge in [0.15, 0.2) is 5.69 Å². The van der Waals surface area contributed by atoms with Crippen LogP contribution in [0.25, 0.3) is 5.69 Å². The molecule has 118 valence electrons. The smallest absolute Gasteiger partial charge is 0.273 e. The zero-order valence-electron chi connectivity index (χ0n) is 13.2.